The van der Waals surface area contributed by atoms with Crippen LogP contribution in [0.5, 0.6) is 5.75 Å². The summed E-state index contributed by atoms with van der Waals surface area (Å²) in [7, 11) is 0. The Morgan fingerprint density at radius 3 is 2.52 bits per heavy atom. The summed E-state index contributed by atoms with van der Waals surface area (Å²) in [6.45, 7) is 5.96. The Balaban J connectivity index is 2.08. The molecule has 1 atom stereocenters. The second-order valence-corrected chi connectivity index (χ2v) is 5.06. The number of para-hydroxylation sites is 2. The van der Waals surface area contributed by atoms with Crippen LogP contribution in [0.3, 0.4) is 0 Å². The van der Waals surface area contributed by atoms with E-state index >= 15 is 0 Å². The largest absolute Gasteiger partial charge is 0.425 e. The minimum Gasteiger partial charge on any atom is -0.425 e. The predicted molar refractivity (Wildman–Crippen MR) is 85.7 cm³/mol. The average Bonchev–Trinajstić information content (AvgIpc) is 2.50. The van der Waals surface area contributed by atoms with Crippen molar-refractivity contribution in [1.82, 2.24) is 0 Å². The van der Waals surface area contributed by atoms with Crippen molar-refractivity contribution in [2.45, 2.75) is 33.2 Å². The van der Waals surface area contributed by atoms with Crippen LogP contribution >= 0.6 is 0 Å². The van der Waals surface area contributed by atoms with E-state index in [0.29, 0.717) is 5.75 Å². The first kappa shape index (κ1) is 15.1. The quantitative estimate of drug-likeness (QED) is 0.666. The van der Waals surface area contributed by atoms with Crippen molar-refractivity contribution < 1.29 is 9.53 Å². The lowest BCUT2D eigenvalue weighted by Crippen LogP contribution is -2.31. The van der Waals surface area contributed by atoms with Gasteiger partial charge in [-0.15, -0.1) is 0 Å². The van der Waals surface area contributed by atoms with E-state index in [9.17, 15) is 4.79 Å². The summed E-state index contributed by atoms with van der Waals surface area (Å²) >= 11 is 0. The van der Waals surface area contributed by atoms with E-state index in [1.807, 2.05) is 44.2 Å². The van der Waals surface area contributed by atoms with Crippen LogP contribution in [0.1, 0.15) is 25.0 Å². The van der Waals surface area contributed by atoms with Crippen molar-refractivity contribution in [3.8, 4) is 5.75 Å². The monoisotopic (exact) mass is 283 g/mol. The number of carbonyl (C=O) groups is 1. The molecule has 0 saturated heterocycles. The summed E-state index contributed by atoms with van der Waals surface area (Å²) < 4.78 is 5.36. The molecule has 2 aromatic rings. The number of nitrogens with one attached hydrogen (secondary N) is 1. The first-order chi connectivity index (χ1) is 10.1. The maximum absolute atomic E-state index is 12.1. The van der Waals surface area contributed by atoms with Crippen molar-refractivity contribution in [2.75, 3.05) is 5.32 Å². The molecule has 0 amide bonds. The van der Waals surface area contributed by atoms with Gasteiger partial charge in [0.1, 0.15) is 11.8 Å². The van der Waals surface area contributed by atoms with Crippen molar-refractivity contribution in [2.24, 2.45) is 0 Å². The summed E-state index contributed by atoms with van der Waals surface area (Å²) in [6.07, 6.45) is 0.921. The minimum absolute atomic E-state index is 0.286. The fourth-order valence-corrected chi connectivity index (χ4v) is 2.20. The molecule has 2 aromatic carbocycles. The second-order valence-electron chi connectivity index (χ2n) is 5.06. The van der Waals surface area contributed by atoms with Crippen LogP contribution in [-0.2, 0) is 11.2 Å². The molecule has 0 aliphatic rings. The molecule has 0 saturated carbocycles. The maximum atomic E-state index is 12.1. The van der Waals surface area contributed by atoms with Gasteiger partial charge in [-0.05, 0) is 43.5 Å². The highest BCUT2D eigenvalue weighted by molar-refractivity contribution is 5.81. The Bertz CT molecular complexity index is 608. The highest BCUT2D eigenvalue weighted by Crippen LogP contribution is 2.22. The Hall–Kier alpha value is -2.29. The van der Waals surface area contributed by atoms with Gasteiger partial charge in [-0.2, -0.15) is 0 Å². The molecule has 0 radical (unpaired) electrons. The highest BCUT2D eigenvalue weighted by atomic mass is 16.5. The van der Waals surface area contributed by atoms with E-state index in [4.69, 9.17) is 4.74 Å². The summed E-state index contributed by atoms with van der Waals surface area (Å²) in [5.74, 6) is 0.281. The van der Waals surface area contributed by atoms with E-state index in [1.165, 1.54) is 5.56 Å². The molecule has 0 aromatic heterocycles. The zero-order valence-electron chi connectivity index (χ0n) is 12.7. The number of hydrogen-bond donors (Lipinski definition) is 1. The molecule has 0 unspecified atom stereocenters. The molecule has 21 heavy (non-hydrogen) atoms. The van der Waals surface area contributed by atoms with Gasteiger partial charge in [0, 0.05) is 5.69 Å². The van der Waals surface area contributed by atoms with Gasteiger partial charge in [-0.25, -0.2) is 4.79 Å². The van der Waals surface area contributed by atoms with Gasteiger partial charge >= 0.3 is 5.97 Å². The maximum Gasteiger partial charge on any atom is 0.333 e. The van der Waals surface area contributed by atoms with Crippen molar-refractivity contribution in [3.05, 3.63) is 59.7 Å². The third kappa shape index (κ3) is 3.85. The van der Waals surface area contributed by atoms with Gasteiger partial charge in [0.05, 0.1) is 0 Å². The average molecular weight is 283 g/mol. The van der Waals surface area contributed by atoms with Crippen molar-refractivity contribution >= 4 is 11.7 Å². The van der Waals surface area contributed by atoms with E-state index in [0.717, 1.165) is 17.7 Å². The van der Waals surface area contributed by atoms with Crippen LogP contribution in [0.15, 0.2) is 48.5 Å². The first-order valence-corrected chi connectivity index (χ1v) is 7.23. The molecule has 3 nitrogen and oxygen atoms in total. The number of carbonyl (C=O) groups excluding carboxylic acids is 1. The first-order valence-electron chi connectivity index (χ1n) is 7.23. The molecule has 0 bridgehead atoms. The van der Waals surface area contributed by atoms with Crippen LogP contribution in [0, 0.1) is 6.92 Å². The van der Waals surface area contributed by atoms with Crippen molar-refractivity contribution in [1.29, 1.82) is 0 Å². The van der Waals surface area contributed by atoms with Crippen LogP contribution in [-0.4, -0.2) is 12.0 Å². The lowest BCUT2D eigenvalue weighted by Gasteiger charge is -2.18. The zero-order chi connectivity index (χ0) is 15.2. The lowest BCUT2D eigenvalue weighted by atomic mass is 10.1. The Labute approximate surface area is 126 Å². The molecule has 2 rings (SSSR count). The fourth-order valence-electron chi connectivity index (χ4n) is 2.20. The van der Waals surface area contributed by atoms with E-state index in [2.05, 4.69) is 18.3 Å². The molecule has 0 aliphatic carbocycles. The van der Waals surface area contributed by atoms with Crippen LogP contribution in [0.2, 0.25) is 0 Å². The highest BCUT2D eigenvalue weighted by Gasteiger charge is 2.17. The number of esters is 1. The van der Waals surface area contributed by atoms with Crippen LogP contribution in [0.4, 0.5) is 5.69 Å². The zero-order valence-corrected chi connectivity index (χ0v) is 12.7. The smallest absolute Gasteiger partial charge is 0.333 e. The number of rotatable bonds is 5. The molecule has 3 heteroatoms. The molecule has 110 valence electrons. The summed E-state index contributed by atoms with van der Waals surface area (Å²) in [5, 5.41) is 3.28. The number of hydrogen-bond acceptors (Lipinski definition) is 3. The van der Waals surface area contributed by atoms with Crippen LogP contribution < -0.4 is 10.1 Å². The molecule has 1 N–H and O–H groups in total. The molecular formula is C18H21NO2. The topological polar surface area (TPSA) is 38.3 Å². The SMILES string of the molecule is CCc1cccc(C)c1N[C@@H](C)C(=O)Oc1ccccc1. The molecule has 0 spiro atoms. The number of benzene rings is 2. The van der Waals surface area contributed by atoms with Gasteiger partial charge in [0.15, 0.2) is 0 Å². The minimum atomic E-state index is -0.406. The summed E-state index contributed by atoms with van der Waals surface area (Å²) in [6, 6.07) is 14.9. The Morgan fingerprint density at radius 2 is 1.86 bits per heavy atom. The molecule has 0 aliphatic heterocycles. The van der Waals surface area contributed by atoms with Gasteiger partial charge < -0.3 is 10.1 Å². The van der Waals surface area contributed by atoms with E-state index < -0.39 is 6.04 Å². The van der Waals surface area contributed by atoms with E-state index in [-0.39, 0.29) is 5.97 Å². The van der Waals surface area contributed by atoms with Gasteiger partial charge in [0.25, 0.3) is 0 Å². The number of anilines is 1. The second kappa shape index (κ2) is 6.93. The number of aryl methyl sites for hydroxylation is 2. The third-order valence-electron chi connectivity index (χ3n) is 3.42. The standard InChI is InChI=1S/C18H21NO2/c1-4-15-10-8-9-13(2)17(15)19-14(3)18(20)21-16-11-6-5-7-12-16/h5-12,14,19H,4H2,1-3H3/t14-/m0/s1. The Morgan fingerprint density at radius 1 is 1.14 bits per heavy atom. The summed E-state index contributed by atoms with van der Waals surface area (Å²) in [4.78, 5) is 12.1. The lowest BCUT2D eigenvalue weighted by molar-refractivity contribution is -0.134. The van der Waals surface area contributed by atoms with Gasteiger partial charge in [0.2, 0.25) is 0 Å². The summed E-state index contributed by atoms with van der Waals surface area (Å²) in [5.41, 5.74) is 3.36. The third-order valence-corrected chi connectivity index (χ3v) is 3.42. The van der Waals surface area contributed by atoms with Gasteiger partial charge in [-0.3, -0.25) is 0 Å². The number of ether oxygens (including phenoxy) is 1. The molecular weight excluding hydrogens is 262 g/mol. The Kier molecular flexibility index (Phi) is 4.99. The van der Waals surface area contributed by atoms with Crippen molar-refractivity contribution in [3.63, 3.8) is 0 Å². The fraction of sp³-hybridized carbons (Fsp3) is 0.278. The molecule has 0 fully saturated rings. The van der Waals surface area contributed by atoms with Gasteiger partial charge in [-0.1, -0.05) is 43.3 Å². The van der Waals surface area contributed by atoms with Crippen LogP contribution in [0.25, 0.3) is 0 Å². The molecule has 0 heterocycles. The van der Waals surface area contributed by atoms with E-state index in [1.54, 1.807) is 12.1 Å². The predicted octanol–water partition coefficient (Wildman–Crippen LogP) is 3.96. The normalized spacial score (nSPS) is 11.8.